The van der Waals surface area contributed by atoms with E-state index in [4.69, 9.17) is 21.1 Å². The first-order chi connectivity index (χ1) is 10.9. The van der Waals surface area contributed by atoms with E-state index in [2.05, 4.69) is 0 Å². The Morgan fingerprint density at radius 3 is 2.65 bits per heavy atom. The number of aliphatic carboxylic acids is 1. The number of methoxy groups -OCH3 is 1. The van der Waals surface area contributed by atoms with Crippen LogP contribution < -0.4 is 9.47 Å². The minimum absolute atomic E-state index is 0.260. The number of carboxylic acid groups (broad SMARTS) is 1. The van der Waals surface area contributed by atoms with Crippen LogP contribution in [0.3, 0.4) is 0 Å². The molecule has 2 atom stereocenters. The number of amides is 1. The van der Waals surface area contributed by atoms with Crippen molar-refractivity contribution in [2.24, 2.45) is 5.92 Å². The molecule has 1 aromatic carbocycles. The van der Waals surface area contributed by atoms with Crippen LogP contribution in [-0.2, 0) is 4.79 Å². The predicted octanol–water partition coefficient (Wildman–Crippen LogP) is 2.68. The molecule has 0 aliphatic carbocycles. The predicted molar refractivity (Wildman–Crippen MR) is 85.4 cm³/mol. The molecule has 1 aliphatic rings. The summed E-state index contributed by atoms with van der Waals surface area (Å²) in [6.07, 6.45) is 0.449. The van der Waals surface area contributed by atoms with Gasteiger partial charge in [0.2, 0.25) is 0 Å². The van der Waals surface area contributed by atoms with Gasteiger partial charge in [-0.05, 0) is 32.4 Å². The molecule has 0 saturated carbocycles. The summed E-state index contributed by atoms with van der Waals surface area (Å²) in [6, 6.07) is 2.73. The van der Waals surface area contributed by atoms with Crippen molar-refractivity contribution in [3.05, 3.63) is 22.7 Å². The lowest BCUT2D eigenvalue weighted by atomic mass is 10.0. The third-order valence-electron chi connectivity index (χ3n) is 4.10. The molecule has 1 N–H and O–H groups in total. The molecule has 0 spiro atoms. The van der Waals surface area contributed by atoms with Crippen molar-refractivity contribution in [1.29, 1.82) is 0 Å². The highest BCUT2D eigenvalue weighted by molar-refractivity contribution is 6.32. The molecule has 126 valence electrons. The summed E-state index contributed by atoms with van der Waals surface area (Å²) in [7, 11) is 1.47. The first-order valence-corrected chi connectivity index (χ1v) is 7.82. The van der Waals surface area contributed by atoms with Gasteiger partial charge in [0.15, 0.2) is 11.5 Å². The van der Waals surface area contributed by atoms with E-state index in [0.29, 0.717) is 36.6 Å². The normalized spacial score (nSPS) is 20.4. The number of carbonyl (C=O) groups is 2. The fourth-order valence-electron chi connectivity index (χ4n) is 2.85. The molecule has 1 amide bonds. The lowest BCUT2D eigenvalue weighted by Gasteiger charge is -2.24. The maximum atomic E-state index is 12.7. The lowest BCUT2D eigenvalue weighted by Crippen LogP contribution is -2.37. The number of hydrogen-bond acceptors (Lipinski definition) is 4. The van der Waals surface area contributed by atoms with E-state index in [1.807, 2.05) is 6.92 Å². The number of likely N-dealkylation sites (tertiary alicyclic amines) is 1. The van der Waals surface area contributed by atoms with Crippen LogP contribution in [0, 0.1) is 5.92 Å². The first-order valence-electron chi connectivity index (χ1n) is 7.44. The molecule has 1 aromatic rings. The van der Waals surface area contributed by atoms with E-state index >= 15 is 0 Å². The van der Waals surface area contributed by atoms with Gasteiger partial charge in [-0.1, -0.05) is 11.6 Å². The van der Waals surface area contributed by atoms with Gasteiger partial charge in [0.1, 0.15) is 0 Å². The minimum atomic E-state index is -0.880. The molecule has 1 saturated heterocycles. The van der Waals surface area contributed by atoms with Crippen molar-refractivity contribution in [2.45, 2.75) is 26.3 Å². The zero-order valence-corrected chi connectivity index (χ0v) is 14.1. The van der Waals surface area contributed by atoms with E-state index < -0.39 is 11.9 Å². The van der Waals surface area contributed by atoms with Crippen molar-refractivity contribution >= 4 is 23.5 Å². The van der Waals surface area contributed by atoms with Crippen LogP contribution >= 0.6 is 11.6 Å². The van der Waals surface area contributed by atoms with Crippen molar-refractivity contribution in [1.82, 2.24) is 4.90 Å². The summed E-state index contributed by atoms with van der Waals surface area (Å²) < 4.78 is 10.7. The Morgan fingerprint density at radius 2 is 2.13 bits per heavy atom. The lowest BCUT2D eigenvalue weighted by molar-refractivity contribution is -0.142. The summed E-state index contributed by atoms with van der Waals surface area (Å²) >= 11 is 6.19. The number of benzene rings is 1. The van der Waals surface area contributed by atoms with Gasteiger partial charge in [0.05, 0.1) is 24.7 Å². The topological polar surface area (TPSA) is 76.1 Å². The molecule has 1 aliphatic heterocycles. The third-order valence-corrected chi connectivity index (χ3v) is 4.38. The van der Waals surface area contributed by atoms with Gasteiger partial charge in [-0.3, -0.25) is 9.59 Å². The highest BCUT2D eigenvalue weighted by Gasteiger charge is 2.38. The molecule has 0 bridgehead atoms. The van der Waals surface area contributed by atoms with E-state index in [1.54, 1.807) is 17.9 Å². The Bertz CT molecular complexity index is 619. The minimum Gasteiger partial charge on any atom is -0.493 e. The second kappa shape index (κ2) is 7.08. The Balaban J connectivity index is 2.30. The molecule has 0 aromatic heterocycles. The van der Waals surface area contributed by atoms with E-state index in [9.17, 15) is 14.7 Å². The van der Waals surface area contributed by atoms with Gasteiger partial charge in [-0.15, -0.1) is 0 Å². The molecule has 1 heterocycles. The molecule has 7 heteroatoms. The second-order valence-corrected chi connectivity index (χ2v) is 5.80. The smallest absolute Gasteiger partial charge is 0.308 e. The van der Waals surface area contributed by atoms with E-state index in [1.165, 1.54) is 13.2 Å². The van der Waals surface area contributed by atoms with Crippen LogP contribution in [0.2, 0.25) is 5.02 Å². The number of nitrogens with zero attached hydrogens (tertiary/aromatic N) is 1. The number of carboxylic acids is 1. The Kier molecular flexibility index (Phi) is 5.36. The molecular formula is C16H20ClNO5. The van der Waals surface area contributed by atoms with Crippen LogP contribution in [0.5, 0.6) is 11.5 Å². The second-order valence-electron chi connectivity index (χ2n) is 5.40. The number of ether oxygens (including phenoxy) is 2. The highest BCUT2D eigenvalue weighted by atomic mass is 35.5. The summed E-state index contributed by atoms with van der Waals surface area (Å²) in [4.78, 5) is 25.4. The van der Waals surface area contributed by atoms with Crippen LogP contribution in [0.1, 0.15) is 30.6 Å². The standard InChI is InChI=1S/C16H20ClNO5/c1-4-23-14-12(17)7-10(8-13(14)22-3)15(19)18-6-5-11(9(18)2)16(20)21/h7-9,11H,4-6H2,1-3H3,(H,20,21). The Hall–Kier alpha value is -1.95. The molecule has 0 radical (unpaired) electrons. The zero-order chi connectivity index (χ0) is 17.1. The molecule has 2 unspecified atom stereocenters. The van der Waals surface area contributed by atoms with Crippen LogP contribution in [0.25, 0.3) is 0 Å². The monoisotopic (exact) mass is 341 g/mol. The van der Waals surface area contributed by atoms with Gasteiger partial charge in [-0.25, -0.2) is 0 Å². The Morgan fingerprint density at radius 1 is 1.43 bits per heavy atom. The van der Waals surface area contributed by atoms with Gasteiger partial charge in [0, 0.05) is 18.2 Å². The Labute approximate surface area is 139 Å². The van der Waals surface area contributed by atoms with Crippen molar-refractivity contribution in [3.63, 3.8) is 0 Å². The van der Waals surface area contributed by atoms with E-state index in [-0.39, 0.29) is 17.0 Å². The molecule has 1 fully saturated rings. The van der Waals surface area contributed by atoms with Gasteiger partial charge < -0.3 is 19.5 Å². The number of rotatable bonds is 5. The molecule has 23 heavy (non-hydrogen) atoms. The molecular weight excluding hydrogens is 322 g/mol. The maximum Gasteiger partial charge on any atom is 0.308 e. The van der Waals surface area contributed by atoms with Crippen LogP contribution in [0.4, 0.5) is 0 Å². The molecule has 6 nitrogen and oxygen atoms in total. The van der Waals surface area contributed by atoms with E-state index in [0.717, 1.165) is 0 Å². The first kappa shape index (κ1) is 17.4. The maximum absolute atomic E-state index is 12.7. The average molecular weight is 342 g/mol. The molecule has 2 rings (SSSR count). The summed E-state index contributed by atoms with van der Waals surface area (Å²) in [5.41, 5.74) is 0.355. The number of carbonyl (C=O) groups excluding carboxylic acids is 1. The quantitative estimate of drug-likeness (QED) is 0.891. The van der Waals surface area contributed by atoms with Gasteiger partial charge in [-0.2, -0.15) is 0 Å². The average Bonchev–Trinajstić information content (AvgIpc) is 2.90. The van der Waals surface area contributed by atoms with Gasteiger partial charge in [0.25, 0.3) is 5.91 Å². The fraction of sp³-hybridized carbons (Fsp3) is 0.500. The summed E-state index contributed by atoms with van der Waals surface area (Å²) in [5, 5.41) is 9.47. The summed E-state index contributed by atoms with van der Waals surface area (Å²) in [5.74, 6) is -0.908. The van der Waals surface area contributed by atoms with Gasteiger partial charge >= 0.3 is 5.97 Å². The summed E-state index contributed by atoms with van der Waals surface area (Å²) in [6.45, 7) is 4.40. The highest BCUT2D eigenvalue weighted by Crippen LogP contribution is 2.37. The SMILES string of the molecule is CCOc1c(Cl)cc(C(=O)N2CCC(C(=O)O)C2C)cc1OC. The fourth-order valence-corrected chi connectivity index (χ4v) is 3.12. The van der Waals surface area contributed by atoms with Crippen LogP contribution in [-0.4, -0.2) is 48.2 Å². The third kappa shape index (κ3) is 3.37. The van der Waals surface area contributed by atoms with Crippen LogP contribution in [0.15, 0.2) is 12.1 Å². The number of hydrogen-bond donors (Lipinski definition) is 1. The largest absolute Gasteiger partial charge is 0.493 e. The van der Waals surface area contributed by atoms with Crippen molar-refractivity contribution in [2.75, 3.05) is 20.3 Å². The van der Waals surface area contributed by atoms with Crippen molar-refractivity contribution in [3.8, 4) is 11.5 Å². The number of halogens is 1. The zero-order valence-electron chi connectivity index (χ0n) is 13.3. The van der Waals surface area contributed by atoms with Crippen molar-refractivity contribution < 1.29 is 24.2 Å².